The maximum absolute atomic E-state index is 12.8. The second kappa shape index (κ2) is 7.97. The Labute approximate surface area is 164 Å². The van der Waals surface area contributed by atoms with Crippen molar-refractivity contribution in [1.82, 2.24) is 0 Å². The van der Waals surface area contributed by atoms with Crippen LogP contribution in [0.4, 0.5) is 17.1 Å². The van der Waals surface area contributed by atoms with Gasteiger partial charge in [0.2, 0.25) is 15.9 Å². The molecule has 0 aliphatic heterocycles. The van der Waals surface area contributed by atoms with E-state index in [1.807, 2.05) is 19.9 Å². The van der Waals surface area contributed by atoms with Crippen molar-refractivity contribution in [3.8, 4) is 0 Å². The Morgan fingerprint density at radius 1 is 1.14 bits per heavy atom. The minimum Gasteiger partial charge on any atom is -0.324 e. The number of benzene rings is 2. The summed E-state index contributed by atoms with van der Waals surface area (Å²) in [5, 5.41) is 13.7. The van der Waals surface area contributed by atoms with Gasteiger partial charge in [0.1, 0.15) is 6.04 Å². The summed E-state index contributed by atoms with van der Waals surface area (Å²) in [5.41, 5.74) is 2.56. The Balaban J connectivity index is 2.40. The van der Waals surface area contributed by atoms with E-state index in [0.29, 0.717) is 11.3 Å². The topological polar surface area (TPSA) is 110 Å². The molecule has 8 nitrogen and oxygen atoms in total. The molecule has 0 aliphatic carbocycles. The largest absolute Gasteiger partial charge is 0.324 e. The lowest BCUT2D eigenvalue weighted by Crippen LogP contribution is -2.45. The molecule has 0 radical (unpaired) electrons. The molecule has 0 aliphatic rings. The van der Waals surface area contributed by atoms with Crippen LogP contribution in [0.1, 0.15) is 23.6 Å². The number of carbonyl (C=O) groups excluding carboxylic acids is 1. The van der Waals surface area contributed by atoms with Crippen molar-refractivity contribution in [3.05, 3.63) is 63.2 Å². The molecule has 2 aromatic carbocycles. The number of nitro groups is 1. The summed E-state index contributed by atoms with van der Waals surface area (Å²) in [7, 11) is -3.76. The van der Waals surface area contributed by atoms with Crippen LogP contribution in [0.3, 0.4) is 0 Å². The van der Waals surface area contributed by atoms with Crippen LogP contribution in [0.5, 0.6) is 0 Å². The molecule has 0 unspecified atom stereocenters. The molecule has 0 saturated heterocycles. The zero-order chi connectivity index (χ0) is 21.2. The van der Waals surface area contributed by atoms with Gasteiger partial charge in [-0.3, -0.25) is 19.2 Å². The number of sulfonamides is 1. The molecule has 1 atom stereocenters. The molecule has 0 fully saturated rings. The molecule has 0 saturated carbocycles. The van der Waals surface area contributed by atoms with E-state index in [2.05, 4.69) is 5.32 Å². The highest BCUT2D eigenvalue weighted by Crippen LogP contribution is 2.27. The smallest absolute Gasteiger partial charge is 0.274 e. The van der Waals surface area contributed by atoms with Crippen LogP contribution >= 0.6 is 0 Å². The Bertz CT molecular complexity index is 1010. The lowest BCUT2D eigenvalue weighted by Gasteiger charge is -2.29. The minimum atomic E-state index is -3.76. The number of anilines is 2. The fraction of sp³-hybridized carbons (Fsp3) is 0.316. The zero-order valence-electron chi connectivity index (χ0n) is 16.4. The van der Waals surface area contributed by atoms with Crippen LogP contribution in [-0.4, -0.2) is 31.5 Å². The van der Waals surface area contributed by atoms with Gasteiger partial charge in [0, 0.05) is 6.07 Å². The van der Waals surface area contributed by atoms with Gasteiger partial charge >= 0.3 is 0 Å². The van der Waals surface area contributed by atoms with Gasteiger partial charge in [-0.05, 0) is 57.0 Å². The highest BCUT2D eigenvalue weighted by Gasteiger charge is 2.30. The molecular weight excluding hydrogens is 382 g/mol. The van der Waals surface area contributed by atoms with Gasteiger partial charge in [-0.1, -0.05) is 12.1 Å². The zero-order valence-corrected chi connectivity index (χ0v) is 17.2. The number of aryl methyl sites for hydroxylation is 2. The number of nitro benzene ring substituents is 1. The van der Waals surface area contributed by atoms with Crippen molar-refractivity contribution in [2.45, 2.75) is 33.7 Å². The summed E-state index contributed by atoms with van der Waals surface area (Å²) in [6.45, 7) is 6.68. The minimum absolute atomic E-state index is 0.125. The van der Waals surface area contributed by atoms with Crippen LogP contribution < -0.4 is 9.62 Å². The van der Waals surface area contributed by atoms with E-state index in [4.69, 9.17) is 0 Å². The van der Waals surface area contributed by atoms with Crippen molar-refractivity contribution in [2.75, 3.05) is 15.9 Å². The maximum Gasteiger partial charge on any atom is 0.274 e. The summed E-state index contributed by atoms with van der Waals surface area (Å²) >= 11 is 0. The molecule has 1 N–H and O–H groups in total. The molecule has 9 heteroatoms. The van der Waals surface area contributed by atoms with E-state index >= 15 is 0 Å². The fourth-order valence-electron chi connectivity index (χ4n) is 3.08. The van der Waals surface area contributed by atoms with Crippen LogP contribution in [0.2, 0.25) is 0 Å². The quantitative estimate of drug-likeness (QED) is 0.586. The lowest BCUT2D eigenvalue weighted by molar-refractivity contribution is -0.385. The Morgan fingerprint density at radius 2 is 1.71 bits per heavy atom. The number of amides is 1. The van der Waals surface area contributed by atoms with Gasteiger partial charge < -0.3 is 5.32 Å². The molecule has 1 amide bonds. The average Bonchev–Trinajstić information content (AvgIpc) is 2.54. The standard InChI is InChI=1S/C19H23N3O5S/c1-12-9-13(2)11-16(10-12)21(28(5,26)27)15(4)19(23)20-17-7-6-8-18(14(17)3)22(24)25/h6-11,15H,1-5H3,(H,20,23)/t15-/m0/s1. The van der Waals surface area contributed by atoms with E-state index in [0.717, 1.165) is 21.7 Å². The first-order valence-corrected chi connectivity index (χ1v) is 10.4. The van der Waals surface area contributed by atoms with E-state index in [1.54, 1.807) is 12.1 Å². The summed E-state index contributed by atoms with van der Waals surface area (Å²) in [4.78, 5) is 23.3. The normalized spacial score (nSPS) is 12.3. The molecule has 150 valence electrons. The van der Waals surface area contributed by atoms with Crippen LogP contribution in [0.15, 0.2) is 36.4 Å². The van der Waals surface area contributed by atoms with Gasteiger partial charge in [-0.2, -0.15) is 0 Å². The van der Waals surface area contributed by atoms with Gasteiger partial charge in [0.05, 0.1) is 28.1 Å². The summed E-state index contributed by atoms with van der Waals surface area (Å²) in [5.74, 6) is -0.590. The molecule has 0 aromatic heterocycles. The molecule has 0 bridgehead atoms. The Kier molecular flexibility index (Phi) is 6.08. The molecular formula is C19H23N3O5S. The third-order valence-corrected chi connectivity index (χ3v) is 5.55. The van der Waals surface area contributed by atoms with Gasteiger partial charge in [0.15, 0.2) is 0 Å². The number of carbonyl (C=O) groups is 1. The molecule has 2 aromatic rings. The molecule has 0 heterocycles. The predicted molar refractivity (Wildman–Crippen MR) is 109 cm³/mol. The molecule has 28 heavy (non-hydrogen) atoms. The van der Waals surface area contributed by atoms with E-state index in [-0.39, 0.29) is 11.4 Å². The van der Waals surface area contributed by atoms with Gasteiger partial charge in [-0.25, -0.2) is 8.42 Å². The third-order valence-electron chi connectivity index (χ3n) is 4.31. The first-order valence-electron chi connectivity index (χ1n) is 8.54. The van der Waals surface area contributed by atoms with E-state index in [1.165, 1.54) is 32.0 Å². The lowest BCUT2D eigenvalue weighted by atomic mass is 10.1. The van der Waals surface area contributed by atoms with Gasteiger partial charge in [0.25, 0.3) is 5.69 Å². The highest BCUT2D eigenvalue weighted by molar-refractivity contribution is 7.92. The number of hydrogen-bond acceptors (Lipinski definition) is 5. The number of hydrogen-bond donors (Lipinski definition) is 1. The van der Waals surface area contributed by atoms with Crippen molar-refractivity contribution >= 4 is 33.0 Å². The van der Waals surface area contributed by atoms with Crippen molar-refractivity contribution < 1.29 is 18.1 Å². The fourth-order valence-corrected chi connectivity index (χ4v) is 4.24. The number of nitrogens with zero attached hydrogens (tertiary/aromatic N) is 2. The highest BCUT2D eigenvalue weighted by atomic mass is 32.2. The SMILES string of the molecule is Cc1cc(C)cc(N([C@@H](C)C(=O)Nc2cccc([N+](=O)[O-])c2C)S(C)(=O)=O)c1. The predicted octanol–water partition coefficient (Wildman–Crippen LogP) is 3.31. The monoisotopic (exact) mass is 405 g/mol. The maximum atomic E-state index is 12.8. The average molecular weight is 405 g/mol. The van der Waals surface area contributed by atoms with Crippen molar-refractivity contribution in [1.29, 1.82) is 0 Å². The van der Waals surface area contributed by atoms with Crippen molar-refractivity contribution in [3.63, 3.8) is 0 Å². The number of rotatable bonds is 6. The molecule has 0 spiro atoms. The van der Waals surface area contributed by atoms with Crippen LogP contribution in [-0.2, 0) is 14.8 Å². The summed E-state index contributed by atoms with van der Waals surface area (Å²) in [6, 6.07) is 8.56. The first kappa shape index (κ1) is 21.4. The second-order valence-corrected chi connectivity index (χ2v) is 8.64. The Morgan fingerprint density at radius 3 is 2.21 bits per heavy atom. The van der Waals surface area contributed by atoms with Crippen molar-refractivity contribution in [2.24, 2.45) is 0 Å². The molecule has 2 rings (SSSR count). The summed E-state index contributed by atoms with van der Waals surface area (Å²) < 4.78 is 25.9. The van der Waals surface area contributed by atoms with Gasteiger partial charge in [-0.15, -0.1) is 0 Å². The third kappa shape index (κ3) is 4.66. The van der Waals surface area contributed by atoms with E-state index < -0.39 is 26.9 Å². The van der Waals surface area contributed by atoms with E-state index in [9.17, 15) is 23.3 Å². The second-order valence-electron chi connectivity index (χ2n) is 6.78. The van der Waals surface area contributed by atoms with Crippen LogP contribution in [0.25, 0.3) is 0 Å². The van der Waals surface area contributed by atoms with Crippen LogP contribution in [0, 0.1) is 30.9 Å². The Hall–Kier alpha value is -2.94. The number of nitrogens with one attached hydrogen (secondary N) is 1. The summed E-state index contributed by atoms with van der Waals surface area (Å²) in [6.07, 6.45) is 1.03. The first-order chi connectivity index (χ1) is 12.9.